The minimum atomic E-state index is -1.02. The number of Topliss-reactive ketones (excluding diaryl/α,β-unsaturated/α-hetero) is 1. The second kappa shape index (κ2) is 10.5. The van der Waals surface area contributed by atoms with Crippen molar-refractivity contribution in [3.05, 3.63) is 70.6 Å². The molecular formula is C24H20Cl2N2O4S. The fraction of sp³-hybridized carbons (Fsp3) is 0.250. The number of esters is 1. The van der Waals surface area contributed by atoms with Crippen LogP contribution in [0.3, 0.4) is 0 Å². The van der Waals surface area contributed by atoms with Gasteiger partial charge in [0.25, 0.3) is 0 Å². The van der Waals surface area contributed by atoms with E-state index in [4.69, 9.17) is 27.9 Å². The van der Waals surface area contributed by atoms with Gasteiger partial charge in [0.1, 0.15) is 0 Å². The number of ketones is 1. The number of aromatic nitrogens is 1. The van der Waals surface area contributed by atoms with Crippen LogP contribution < -0.4 is 4.90 Å². The van der Waals surface area contributed by atoms with Crippen LogP contribution in [0.2, 0.25) is 5.02 Å². The maximum absolute atomic E-state index is 12.8. The van der Waals surface area contributed by atoms with E-state index in [-0.39, 0.29) is 37.0 Å². The predicted molar refractivity (Wildman–Crippen MR) is 129 cm³/mol. The summed E-state index contributed by atoms with van der Waals surface area (Å²) in [5.74, 6) is -1.69. The summed E-state index contributed by atoms with van der Waals surface area (Å²) in [5.41, 5.74) is 2.10. The number of nitrogens with zero attached hydrogens (tertiary/aromatic N) is 2. The van der Waals surface area contributed by atoms with E-state index in [0.717, 1.165) is 11.3 Å². The first-order valence-corrected chi connectivity index (χ1v) is 12.1. The van der Waals surface area contributed by atoms with Gasteiger partial charge >= 0.3 is 5.97 Å². The molecule has 2 heterocycles. The Labute approximate surface area is 205 Å². The monoisotopic (exact) mass is 502 g/mol. The van der Waals surface area contributed by atoms with Crippen LogP contribution in [0.5, 0.6) is 0 Å². The maximum Gasteiger partial charge on any atom is 0.312 e. The normalized spacial score (nSPS) is 16.6. The highest BCUT2D eigenvalue weighted by Crippen LogP contribution is 2.32. The van der Waals surface area contributed by atoms with E-state index >= 15 is 0 Å². The Morgan fingerprint density at radius 2 is 1.88 bits per heavy atom. The molecule has 0 spiro atoms. The van der Waals surface area contributed by atoms with Crippen molar-refractivity contribution in [2.45, 2.75) is 18.9 Å². The Hall–Kier alpha value is -2.74. The number of carbonyl (C=O) groups excluding carboxylic acids is 3. The molecule has 2 aromatic carbocycles. The first-order valence-electron chi connectivity index (χ1n) is 10.3. The number of halogens is 2. The van der Waals surface area contributed by atoms with Gasteiger partial charge in [-0.1, -0.05) is 41.9 Å². The summed E-state index contributed by atoms with van der Waals surface area (Å²) in [5, 5.41) is 2.91. The molecule has 0 bridgehead atoms. The van der Waals surface area contributed by atoms with Crippen LogP contribution in [0.25, 0.3) is 11.3 Å². The van der Waals surface area contributed by atoms with Gasteiger partial charge in [0.2, 0.25) is 11.7 Å². The molecule has 0 radical (unpaired) electrons. The summed E-state index contributed by atoms with van der Waals surface area (Å²) in [6.07, 6.45) is -0.849. The van der Waals surface area contributed by atoms with Gasteiger partial charge in [0.15, 0.2) is 11.2 Å². The van der Waals surface area contributed by atoms with Crippen molar-refractivity contribution in [1.82, 2.24) is 4.98 Å². The first kappa shape index (κ1) is 23.4. The molecule has 3 aromatic rings. The van der Waals surface area contributed by atoms with Crippen molar-refractivity contribution in [2.75, 3.05) is 17.3 Å². The lowest BCUT2D eigenvalue weighted by molar-refractivity contribution is -0.151. The van der Waals surface area contributed by atoms with Crippen LogP contribution in [0.15, 0.2) is 60.0 Å². The fourth-order valence-corrected chi connectivity index (χ4v) is 4.74. The smallest absolute Gasteiger partial charge is 0.312 e. The zero-order chi connectivity index (χ0) is 23.4. The van der Waals surface area contributed by atoms with E-state index in [1.165, 1.54) is 16.2 Å². The van der Waals surface area contributed by atoms with Gasteiger partial charge < -0.3 is 4.74 Å². The van der Waals surface area contributed by atoms with Gasteiger partial charge in [0, 0.05) is 46.8 Å². The highest BCUT2D eigenvalue weighted by Gasteiger charge is 2.39. The first-order chi connectivity index (χ1) is 16.0. The molecule has 170 valence electrons. The number of anilines is 1. The minimum Gasteiger partial charge on any atom is -0.454 e. The molecule has 2 atom stereocenters. The maximum atomic E-state index is 12.8. The molecule has 1 aliphatic rings. The fourth-order valence-electron chi connectivity index (χ4n) is 3.56. The topological polar surface area (TPSA) is 76.6 Å². The summed E-state index contributed by atoms with van der Waals surface area (Å²) >= 11 is 13.1. The Morgan fingerprint density at radius 1 is 1.15 bits per heavy atom. The molecule has 0 aliphatic carbocycles. The molecule has 0 unspecified atom stereocenters. The molecule has 0 saturated carbocycles. The molecule has 1 saturated heterocycles. The average Bonchev–Trinajstić information content (AvgIpc) is 3.46. The minimum absolute atomic E-state index is 0.00180. The molecule has 6 nitrogen and oxygen atoms in total. The van der Waals surface area contributed by atoms with E-state index in [1.807, 2.05) is 35.7 Å². The average molecular weight is 503 g/mol. The van der Waals surface area contributed by atoms with E-state index in [2.05, 4.69) is 4.98 Å². The van der Waals surface area contributed by atoms with E-state index < -0.39 is 18.0 Å². The van der Waals surface area contributed by atoms with Crippen LogP contribution in [0.1, 0.15) is 23.2 Å². The highest BCUT2D eigenvalue weighted by molar-refractivity contribution is 7.14. The molecule has 1 aliphatic heterocycles. The quantitative estimate of drug-likeness (QED) is 0.239. The van der Waals surface area contributed by atoms with Crippen molar-refractivity contribution < 1.29 is 19.1 Å². The van der Waals surface area contributed by atoms with Gasteiger partial charge in [-0.25, -0.2) is 4.98 Å². The molecule has 1 amide bonds. The molecule has 33 heavy (non-hydrogen) atoms. The van der Waals surface area contributed by atoms with Crippen LogP contribution >= 0.6 is 34.5 Å². The Bertz CT molecular complexity index is 1150. The van der Waals surface area contributed by atoms with Gasteiger partial charge in [-0.2, -0.15) is 0 Å². The van der Waals surface area contributed by atoms with Crippen LogP contribution in [0.4, 0.5) is 5.13 Å². The number of hydrogen-bond donors (Lipinski definition) is 0. The zero-order valence-electron chi connectivity index (χ0n) is 17.4. The number of ether oxygens (including phenoxy) is 1. The van der Waals surface area contributed by atoms with Crippen molar-refractivity contribution in [3.63, 3.8) is 0 Å². The van der Waals surface area contributed by atoms with Crippen molar-refractivity contribution in [3.8, 4) is 11.3 Å². The van der Waals surface area contributed by atoms with Gasteiger partial charge in [0.05, 0.1) is 11.6 Å². The zero-order valence-corrected chi connectivity index (χ0v) is 19.8. The Balaban J connectivity index is 1.43. The van der Waals surface area contributed by atoms with E-state index in [9.17, 15) is 14.4 Å². The molecule has 9 heteroatoms. The largest absolute Gasteiger partial charge is 0.454 e. The van der Waals surface area contributed by atoms with Crippen molar-refractivity contribution in [2.24, 2.45) is 5.92 Å². The lowest BCUT2D eigenvalue weighted by Crippen LogP contribution is -2.32. The second-order valence-corrected chi connectivity index (χ2v) is 9.21. The highest BCUT2D eigenvalue weighted by atomic mass is 35.5. The standard InChI is InChI=1S/C24H20Cl2N2O4S/c25-11-10-20(22(30)16-6-8-18(26)9-7-16)32-23(31)17-12-21(29)28(13-17)24-27-19(14-33-24)15-4-2-1-3-5-15/h1-9,14,17,20H,10-13H2/t17-,20+/m0/s1. The summed E-state index contributed by atoms with van der Waals surface area (Å²) in [4.78, 5) is 44.3. The predicted octanol–water partition coefficient (Wildman–Crippen LogP) is 5.24. The number of amides is 1. The molecule has 0 N–H and O–H groups in total. The number of alkyl halides is 1. The third kappa shape index (κ3) is 5.43. The summed E-state index contributed by atoms with van der Waals surface area (Å²) in [6.45, 7) is 0.155. The number of benzene rings is 2. The molecule has 1 aromatic heterocycles. The van der Waals surface area contributed by atoms with Gasteiger partial charge in [-0.05, 0) is 24.3 Å². The number of hydrogen-bond acceptors (Lipinski definition) is 6. The van der Waals surface area contributed by atoms with Crippen molar-refractivity contribution in [1.29, 1.82) is 0 Å². The lowest BCUT2D eigenvalue weighted by Gasteiger charge is -2.18. The summed E-state index contributed by atoms with van der Waals surface area (Å²) in [6, 6.07) is 16.0. The van der Waals surface area contributed by atoms with Crippen LogP contribution in [-0.4, -0.2) is 41.2 Å². The van der Waals surface area contributed by atoms with E-state index in [1.54, 1.807) is 24.3 Å². The Kier molecular flexibility index (Phi) is 7.42. The third-order valence-electron chi connectivity index (χ3n) is 5.30. The van der Waals surface area contributed by atoms with E-state index in [0.29, 0.717) is 15.7 Å². The molecule has 1 fully saturated rings. The number of thiazole rings is 1. The van der Waals surface area contributed by atoms with Crippen LogP contribution in [-0.2, 0) is 14.3 Å². The number of rotatable bonds is 8. The van der Waals surface area contributed by atoms with Crippen molar-refractivity contribution >= 4 is 57.3 Å². The molecular weight excluding hydrogens is 483 g/mol. The molecule has 4 rings (SSSR count). The third-order valence-corrected chi connectivity index (χ3v) is 6.64. The van der Waals surface area contributed by atoms with Gasteiger partial charge in [-0.3, -0.25) is 19.3 Å². The number of carbonyl (C=O) groups is 3. The SMILES string of the molecule is O=C(O[C@H](CCCl)C(=O)c1ccc(Cl)cc1)[C@H]1CC(=O)N(c2nc(-c3ccccc3)cs2)C1. The summed E-state index contributed by atoms with van der Waals surface area (Å²) < 4.78 is 5.53. The van der Waals surface area contributed by atoms with Gasteiger partial charge in [-0.15, -0.1) is 22.9 Å². The summed E-state index contributed by atoms with van der Waals surface area (Å²) in [7, 11) is 0. The Morgan fingerprint density at radius 3 is 2.58 bits per heavy atom. The second-order valence-electron chi connectivity index (χ2n) is 7.56. The van der Waals surface area contributed by atoms with Crippen LogP contribution in [0, 0.1) is 5.92 Å². The lowest BCUT2D eigenvalue weighted by atomic mass is 10.0.